The molecule has 1 heterocycles. The first kappa shape index (κ1) is 11.8. The van der Waals surface area contributed by atoms with Gasteiger partial charge >= 0.3 is 6.18 Å². The van der Waals surface area contributed by atoms with E-state index in [2.05, 4.69) is 0 Å². The van der Waals surface area contributed by atoms with Crippen LogP contribution in [-0.4, -0.2) is 17.6 Å². The summed E-state index contributed by atoms with van der Waals surface area (Å²) < 4.78 is 37.1. The fraction of sp³-hybridized carbons (Fsp3) is 0.231. The highest BCUT2D eigenvalue weighted by molar-refractivity contribution is 5.27. The minimum Gasteiger partial charge on any atom is -0.369 e. The van der Waals surface area contributed by atoms with Gasteiger partial charge in [-0.1, -0.05) is 36.4 Å². The third kappa shape index (κ3) is 3.12. The Bertz CT molecular complexity index is 432. The largest absolute Gasteiger partial charge is 0.416 e. The van der Waals surface area contributed by atoms with Crippen molar-refractivity contribution in [3.05, 3.63) is 59.8 Å². The lowest BCUT2D eigenvalue weighted by Crippen LogP contribution is -2.23. The van der Waals surface area contributed by atoms with Crippen LogP contribution in [0.3, 0.4) is 0 Å². The van der Waals surface area contributed by atoms with Crippen molar-refractivity contribution in [1.29, 1.82) is 0 Å². The SMILES string of the molecule is FC(F)(F)C1=CCN(Cc2ccccc2)C=C1. The van der Waals surface area contributed by atoms with E-state index in [9.17, 15) is 13.2 Å². The maximum atomic E-state index is 12.4. The first-order valence-electron chi connectivity index (χ1n) is 5.29. The van der Waals surface area contributed by atoms with E-state index in [1.165, 1.54) is 12.3 Å². The van der Waals surface area contributed by atoms with Gasteiger partial charge < -0.3 is 4.90 Å². The average Bonchev–Trinajstić information content (AvgIpc) is 2.30. The van der Waals surface area contributed by atoms with Crippen molar-refractivity contribution in [1.82, 2.24) is 4.90 Å². The molecule has 90 valence electrons. The van der Waals surface area contributed by atoms with Gasteiger partial charge in [-0.15, -0.1) is 0 Å². The van der Waals surface area contributed by atoms with Crippen LogP contribution in [0.4, 0.5) is 13.2 Å². The molecule has 1 aliphatic rings. The normalized spacial score (nSPS) is 15.9. The van der Waals surface area contributed by atoms with Crippen molar-refractivity contribution < 1.29 is 13.2 Å². The summed E-state index contributed by atoms with van der Waals surface area (Å²) in [5, 5.41) is 0. The van der Waals surface area contributed by atoms with Crippen molar-refractivity contribution in [2.24, 2.45) is 0 Å². The predicted molar refractivity (Wildman–Crippen MR) is 60.1 cm³/mol. The molecule has 0 saturated carbocycles. The molecule has 1 aromatic rings. The molecule has 0 spiro atoms. The van der Waals surface area contributed by atoms with Crippen LogP contribution in [0.1, 0.15) is 5.56 Å². The molecule has 17 heavy (non-hydrogen) atoms. The molecule has 0 atom stereocenters. The van der Waals surface area contributed by atoms with Crippen LogP contribution in [0.15, 0.2) is 54.3 Å². The zero-order chi connectivity index (χ0) is 12.3. The molecule has 4 heteroatoms. The van der Waals surface area contributed by atoms with Crippen molar-refractivity contribution in [3.63, 3.8) is 0 Å². The third-order valence-electron chi connectivity index (χ3n) is 2.57. The van der Waals surface area contributed by atoms with Crippen LogP contribution in [0.25, 0.3) is 0 Å². The fourth-order valence-electron chi connectivity index (χ4n) is 1.68. The van der Waals surface area contributed by atoms with Crippen molar-refractivity contribution in [3.8, 4) is 0 Å². The number of halogens is 3. The Morgan fingerprint density at radius 1 is 1.12 bits per heavy atom. The van der Waals surface area contributed by atoms with Crippen molar-refractivity contribution >= 4 is 0 Å². The van der Waals surface area contributed by atoms with Gasteiger partial charge in [-0.05, 0) is 11.6 Å². The van der Waals surface area contributed by atoms with Gasteiger partial charge in [0.2, 0.25) is 0 Å². The smallest absolute Gasteiger partial charge is 0.369 e. The molecule has 0 radical (unpaired) electrons. The maximum Gasteiger partial charge on any atom is 0.416 e. The molecule has 1 nitrogen and oxygen atoms in total. The Kier molecular flexibility index (Phi) is 3.22. The van der Waals surface area contributed by atoms with Crippen LogP contribution in [0.2, 0.25) is 0 Å². The van der Waals surface area contributed by atoms with E-state index in [0.717, 1.165) is 11.6 Å². The van der Waals surface area contributed by atoms with Crippen LogP contribution >= 0.6 is 0 Å². The zero-order valence-electron chi connectivity index (χ0n) is 9.11. The average molecular weight is 239 g/mol. The number of allylic oxidation sites excluding steroid dienone is 2. The summed E-state index contributed by atoms with van der Waals surface area (Å²) in [5.74, 6) is 0. The summed E-state index contributed by atoms with van der Waals surface area (Å²) in [6, 6.07) is 9.66. The number of rotatable bonds is 2. The predicted octanol–water partition coefficient (Wildman–Crippen LogP) is 3.50. The second kappa shape index (κ2) is 4.65. The Labute approximate surface area is 97.9 Å². The number of nitrogens with zero attached hydrogens (tertiary/aromatic N) is 1. The van der Waals surface area contributed by atoms with Gasteiger partial charge in [-0.3, -0.25) is 0 Å². The number of alkyl halides is 3. The number of hydrogen-bond acceptors (Lipinski definition) is 1. The zero-order valence-corrected chi connectivity index (χ0v) is 9.11. The van der Waals surface area contributed by atoms with E-state index in [4.69, 9.17) is 0 Å². The first-order valence-corrected chi connectivity index (χ1v) is 5.29. The molecule has 0 amide bonds. The van der Waals surface area contributed by atoms with Gasteiger partial charge in [0.1, 0.15) is 0 Å². The molecular weight excluding hydrogens is 227 g/mol. The minimum atomic E-state index is -4.24. The molecular formula is C13H12F3N. The monoisotopic (exact) mass is 239 g/mol. The van der Waals surface area contributed by atoms with E-state index in [-0.39, 0.29) is 0 Å². The lowest BCUT2D eigenvalue weighted by atomic mass is 10.1. The molecule has 1 aliphatic heterocycles. The molecule has 2 rings (SSSR count). The second-order valence-corrected chi connectivity index (χ2v) is 3.89. The minimum absolute atomic E-state index is 0.292. The first-order chi connectivity index (χ1) is 8.05. The number of benzene rings is 1. The highest BCUT2D eigenvalue weighted by Gasteiger charge is 2.32. The third-order valence-corrected chi connectivity index (χ3v) is 2.57. The van der Waals surface area contributed by atoms with Gasteiger partial charge in [0.15, 0.2) is 0 Å². The summed E-state index contributed by atoms with van der Waals surface area (Å²) in [5.41, 5.74) is 0.517. The van der Waals surface area contributed by atoms with E-state index in [0.29, 0.717) is 13.1 Å². The molecule has 1 aromatic carbocycles. The van der Waals surface area contributed by atoms with E-state index >= 15 is 0 Å². The van der Waals surface area contributed by atoms with Crippen LogP contribution in [-0.2, 0) is 6.54 Å². The number of hydrogen-bond donors (Lipinski definition) is 0. The Morgan fingerprint density at radius 3 is 2.35 bits per heavy atom. The summed E-state index contributed by atoms with van der Waals surface area (Å²) in [7, 11) is 0. The Morgan fingerprint density at radius 2 is 1.82 bits per heavy atom. The highest BCUT2D eigenvalue weighted by Crippen LogP contribution is 2.28. The molecule has 0 unspecified atom stereocenters. The van der Waals surface area contributed by atoms with Crippen LogP contribution < -0.4 is 0 Å². The van der Waals surface area contributed by atoms with Crippen molar-refractivity contribution in [2.75, 3.05) is 6.54 Å². The molecule has 0 bridgehead atoms. The molecule has 0 saturated heterocycles. The Balaban J connectivity index is 1.97. The lowest BCUT2D eigenvalue weighted by Gasteiger charge is -2.23. The molecule has 0 fully saturated rings. The maximum absolute atomic E-state index is 12.4. The summed E-state index contributed by atoms with van der Waals surface area (Å²) in [6.07, 6.45) is -0.416. The molecule has 0 N–H and O–H groups in total. The summed E-state index contributed by atoms with van der Waals surface area (Å²) in [4.78, 5) is 1.84. The lowest BCUT2D eigenvalue weighted by molar-refractivity contribution is -0.0889. The topological polar surface area (TPSA) is 3.24 Å². The van der Waals surface area contributed by atoms with Gasteiger partial charge in [0.05, 0.1) is 5.57 Å². The van der Waals surface area contributed by atoms with E-state index < -0.39 is 11.7 Å². The van der Waals surface area contributed by atoms with Crippen LogP contribution in [0, 0.1) is 0 Å². The van der Waals surface area contributed by atoms with Crippen LogP contribution in [0.5, 0.6) is 0 Å². The summed E-state index contributed by atoms with van der Waals surface area (Å²) >= 11 is 0. The fourth-order valence-corrected chi connectivity index (χ4v) is 1.68. The molecule has 0 aliphatic carbocycles. The quantitative estimate of drug-likeness (QED) is 0.763. The van der Waals surface area contributed by atoms with Gasteiger partial charge in [0, 0.05) is 19.3 Å². The Hall–Kier alpha value is -1.71. The second-order valence-electron chi connectivity index (χ2n) is 3.89. The summed E-state index contributed by atoms with van der Waals surface area (Å²) in [6.45, 7) is 0.916. The highest BCUT2D eigenvalue weighted by atomic mass is 19.4. The standard InChI is InChI=1S/C13H12F3N/c14-13(15,16)12-6-8-17(9-7-12)10-11-4-2-1-3-5-11/h1-8H,9-10H2. The van der Waals surface area contributed by atoms with Crippen molar-refractivity contribution in [2.45, 2.75) is 12.7 Å². The van der Waals surface area contributed by atoms with E-state index in [1.54, 1.807) is 0 Å². The van der Waals surface area contributed by atoms with Gasteiger partial charge in [-0.25, -0.2) is 0 Å². The van der Waals surface area contributed by atoms with Gasteiger partial charge in [-0.2, -0.15) is 13.2 Å². The van der Waals surface area contributed by atoms with Gasteiger partial charge in [0.25, 0.3) is 0 Å². The van der Waals surface area contributed by atoms with E-state index in [1.807, 2.05) is 35.2 Å². The molecule has 0 aromatic heterocycles.